The van der Waals surface area contributed by atoms with Gasteiger partial charge in [0.25, 0.3) is 0 Å². The topological polar surface area (TPSA) is 15.3 Å². The van der Waals surface area contributed by atoms with Gasteiger partial charge in [-0.2, -0.15) is 13.2 Å². The van der Waals surface area contributed by atoms with Crippen LogP contribution in [0.5, 0.6) is 0 Å². The van der Waals surface area contributed by atoms with Crippen LogP contribution in [0, 0.1) is 13.8 Å². The van der Waals surface area contributed by atoms with Gasteiger partial charge >= 0.3 is 6.18 Å². The van der Waals surface area contributed by atoms with Crippen molar-refractivity contribution in [1.82, 2.24) is 10.2 Å². The lowest BCUT2D eigenvalue weighted by Crippen LogP contribution is -2.49. The summed E-state index contributed by atoms with van der Waals surface area (Å²) in [6, 6.07) is 3.67. The molecule has 2 rings (SSSR count). The Morgan fingerprint density at radius 1 is 1.15 bits per heavy atom. The molecule has 0 radical (unpaired) electrons. The first-order chi connectivity index (χ1) is 8.91. The summed E-state index contributed by atoms with van der Waals surface area (Å²) in [6.45, 7) is 5.69. The SMILES string of the molecule is Cc1cccc([C@H](N2CCNCC2)C(F)(F)F)c1C.Cl. The molecule has 1 atom stereocenters. The van der Waals surface area contributed by atoms with Crippen LogP contribution in [0.3, 0.4) is 0 Å². The van der Waals surface area contributed by atoms with E-state index in [4.69, 9.17) is 0 Å². The summed E-state index contributed by atoms with van der Waals surface area (Å²) in [5, 5.41) is 3.09. The van der Waals surface area contributed by atoms with Crippen molar-refractivity contribution in [2.75, 3.05) is 26.2 Å². The van der Waals surface area contributed by atoms with Gasteiger partial charge in [0, 0.05) is 26.2 Å². The minimum Gasteiger partial charge on any atom is -0.314 e. The van der Waals surface area contributed by atoms with Crippen molar-refractivity contribution in [3.8, 4) is 0 Å². The van der Waals surface area contributed by atoms with E-state index in [2.05, 4.69) is 5.32 Å². The highest BCUT2D eigenvalue weighted by Gasteiger charge is 2.45. The largest absolute Gasteiger partial charge is 0.408 e. The Labute approximate surface area is 123 Å². The van der Waals surface area contributed by atoms with Crippen LogP contribution in [0.15, 0.2) is 18.2 Å². The lowest BCUT2D eigenvalue weighted by Gasteiger charge is -2.37. The van der Waals surface area contributed by atoms with Crippen molar-refractivity contribution < 1.29 is 13.2 Å². The van der Waals surface area contributed by atoms with Crippen LogP contribution >= 0.6 is 12.4 Å². The summed E-state index contributed by atoms with van der Waals surface area (Å²) in [5.74, 6) is 0. The number of aryl methyl sites for hydroxylation is 1. The Morgan fingerprint density at radius 3 is 2.30 bits per heavy atom. The quantitative estimate of drug-likeness (QED) is 0.902. The van der Waals surface area contributed by atoms with Gasteiger partial charge in [-0.3, -0.25) is 4.90 Å². The van der Waals surface area contributed by atoms with E-state index >= 15 is 0 Å². The molecule has 0 spiro atoms. The molecule has 0 amide bonds. The van der Waals surface area contributed by atoms with Crippen LogP contribution in [0.1, 0.15) is 22.7 Å². The minimum absolute atomic E-state index is 0. The Morgan fingerprint density at radius 2 is 1.75 bits per heavy atom. The zero-order valence-corrected chi connectivity index (χ0v) is 12.4. The van der Waals surface area contributed by atoms with E-state index in [1.165, 1.54) is 4.90 Å². The summed E-state index contributed by atoms with van der Waals surface area (Å²) in [6.07, 6.45) is -4.24. The van der Waals surface area contributed by atoms with Crippen LogP contribution < -0.4 is 5.32 Å². The molecule has 0 aliphatic carbocycles. The Bertz CT molecular complexity index is 443. The van der Waals surface area contributed by atoms with Crippen LogP contribution in [0.25, 0.3) is 0 Å². The van der Waals surface area contributed by atoms with Crippen LogP contribution in [-0.2, 0) is 0 Å². The molecule has 2 nitrogen and oxygen atoms in total. The van der Waals surface area contributed by atoms with E-state index in [1.54, 1.807) is 19.1 Å². The molecule has 1 aliphatic rings. The van der Waals surface area contributed by atoms with E-state index < -0.39 is 12.2 Å². The minimum atomic E-state index is -4.24. The molecular formula is C14H20ClF3N2. The molecule has 1 N–H and O–H groups in total. The third-order valence-corrected chi connectivity index (χ3v) is 3.77. The summed E-state index contributed by atoms with van der Waals surface area (Å²) in [4.78, 5) is 1.53. The average molecular weight is 309 g/mol. The molecule has 114 valence electrons. The molecule has 0 bridgehead atoms. The molecule has 1 aromatic carbocycles. The van der Waals surface area contributed by atoms with Crippen LogP contribution in [-0.4, -0.2) is 37.3 Å². The second-order valence-electron chi connectivity index (χ2n) is 5.02. The molecule has 1 heterocycles. The van der Waals surface area contributed by atoms with Gasteiger partial charge in [0.05, 0.1) is 0 Å². The molecule has 1 aliphatic heterocycles. The predicted octanol–water partition coefficient (Wildman–Crippen LogP) is 3.23. The summed E-state index contributed by atoms with van der Waals surface area (Å²) in [5.41, 5.74) is 2.03. The van der Waals surface area contributed by atoms with E-state index in [9.17, 15) is 13.2 Å². The number of hydrogen-bond donors (Lipinski definition) is 1. The zero-order chi connectivity index (χ0) is 14.0. The smallest absolute Gasteiger partial charge is 0.314 e. The highest BCUT2D eigenvalue weighted by molar-refractivity contribution is 5.85. The molecule has 1 fully saturated rings. The van der Waals surface area contributed by atoms with E-state index in [-0.39, 0.29) is 12.4 Å². The van der Waals surface area contributed by atoms with Gasteiger partial charge in [-0.1, -0.05) is 18.2 Å². The van der Waals surface area contributed by atoms with Crippen molar-refractivity contribution in [3.05, 3.63) is 34.9 Å². The first-order valence-electron chi connectivity index (χ1n) is 6.49. The van der Waals surface area contributed by atoms with Crippen LogP contribution in [0.2, 0.25) is 0 Å². The Hall–Kier alpha value is -0.780. The molecule has 0 saturated carbocycles. The van der Waals surface area contributed by atoms with Gasteiger partial charge < -0.3 is 5.32 Å². The summed E-state index contributed by atoms with van der Waals surface area (Å²) in [7, 11) is 0. The third kappa shape index (κ3) is 3.65. The Kier molecular flexibility index (Phi) is 5.86. The fourth-order valence-corrected chi connectivity index (χ4v) is 2.59. The molecule has 6 heteroatoms. The highest BCUT2D eigenvalue weighted by Crippen LogP contribution is 2.39. The van der Waals surface area contributed by atoms with Crippen LogP contribution in [0.4, 0.5) is 13.2 Å². The molecule has 1 saturated heterocycles. The second-order valence-corrected chi connectivity index (χ2v) is 5.02. The number of alkyl halides is 3. The summed E-state index contributed by atoms with van der Waals surface area (Å²) < 4.78 is 40.3. The van der Waals surface area contributed by atoms with Gasteiger partial charge in [-0.15, -0.1) is 12.4 Å². The maximum atomic E-state index is 13.4. The number of benzene rings is 1. The number of nitrogens with zero attached hydrogens (tertiary/aromatic N) is 1. The number of hydrogen-bond acceptors (Lipinski definition) is 2. The number of rotatable bonds is 2. The second kappa shape index (κ2) is 6.78. The first-order valence-corrected chi connectivity index (χ1v) is 6.49. The molecule has 0 unspecified atom stereocenters. The lowest BCUT2D eigenvalue weighted by molar-refractivity contribution is -0.188. The normalized spacial score (nSPS) is 18.4. The van der Waals surface area contributed by atoms with Gasteiger partial charge in [0.15, 0.2) is 0 Å². The van der Waals surface area contributed by atoms with Gasteiger partial charge in [0.1, 0.15) is 6.04 Å². The fraction of sp³-hybridized carbons (Fsp3) is 0.571. The van der Waals surface area contributed by atoms with Crippen molar-refractivity contribution in [2.45, 2.75) is 26.1 Å². The highest BCUT2D eigenvalue weighted by atomic mass is 35.5. The monoisotopic (exact) mass is 308 g/mol. The first kappa shape index (κ1) is 17.3. The van der Waals surface area contributed by atoms with Crippen molar-refractivity contribution in [1.29, 1.82) is 0 Å². The van der Waals surface area contributed by atoms with Gasteiger partial charge in [0.2, 0.25) is 0 Å². The average Bonchev–Trinajstić information content (AvgIpc) is 2.35. The molecule has 1 aromatic rings. The van der Waals surface area contributed by atoms with E-state index in [1.807, 2.05) is 13.0 Å². The maximum absolute atomic E-state index is 13.4. The maximum Gasteiger partial charge on any atom is 0.408 e. The van der Waals surface area contributed by atoms with Crippen molar-refractivity contribution in [3.63, 3.8) is 0 Å². The summed E-state index contributed by atoms with van der Waals surface area (Å²) >= 11 is 0. The Balaban J connectivity index is 0.00000200. The molecule has 0 aromatic heterocycles. The molecule has 20 heavy (non-hydrogen) atoms. The van der Waals surface area contributed by atoms with E-state index in [0.29, 0.717) is 31.7 Å². The number of piperazine rings is 1. The predicted molar refractivity (Wildman–Crippen MR) is 76.4 cm³/mol. The van der Waals surface area contributed by atoms with E-state index in [0.717, 1.165) is 11.1 Å². The van der Waals surface area contributed by atoms with Crippen molar-refractivity contribution >= 4 is 12.4 Å². The number of nitrogens with one attached hydrogen (secondary N) is 1. The standard InChI is InChI=1S/C14H19F3N2.ClH/c1-10-4-3-5-12(11(10)2)13(14(15,16)17)19-8-6-18-7-9-19;/h3-5,13,18H,6-9H2,1-2H3;1H/t13-;/m0./s1. The zero-order valence-electron chi connectivity index (χ0n) is 11.6. The number of halogens is 4. The molecular weight excluding hydrogens is 289 g/mol. The lowest BCUT2D eigenvalue weighted by atomic mass is 9.95. The third-order valence-electron chi connectivity index (χ3n) is 3.77. The fourth-order valence-electron chi connectivity index (χ4n) is 2.59. The van der Waals surface area contributed by atoms with Crippen molar-refractivity contribution in [2.24, 2.45) is 0 Å². The van der Waals surface area contributed by atoms with Gasteiger partial charge in [-0.25, -0.2) is 0 Å². The van der Waals surface area contributed by atoms with Gasteiger partial charge in [-0.05, 0) is 30.5 Å².